The van der Waals surface area contributed by atoms with E-state index in [9.17, 15) is 0 Å². The van der Waals surface area contributed by atoms with E-state index in [1.807, 2.05) is 70.4 Å². The van der Waals surface area contributed by atoms with Crippen LogP contribution < -0.4 is 10.2 Å². The first kappa shape index (κ1) is 31.6. The number of aliphatic imine (C=N–C) groups is 2. The van der Waals surface area contributed by atoms with Gasteiger partial charge in [-0.25, -0.2) is 9.98 Å². The summed E-state index contributed by atoms with van der Waals surface area (Å²) in [4.78, 5) is 12.7. The summed E-state index contributed by atoms with van der Waals surface area (Å²) in [5.74, 6) is 2.02. The molecule has 2 aliphatic heterocycles. The maximum Gasteiger partial charge on any atom is 0.169 e. The van der Waals surface area contributed by atoms with Crippen LogP contribution in [-0.4, -0.2) is 11.7 Å². The SMILES string of the molecule is C1=CCC2C(=C1)N(c1ccccc1)c1ccc(-c3csc4c3sc3c(-c5cccc(C6N=C(c7ccccc7)NC(c7ccccc7)=N6)c5)csc34)cc12. The Morgan fingerprint density at radius 3 is 1.87 bits per heavy atom. The first-order chi connectivity index (χ1) is 26.8. The molecule has 54 heavy (non-hydrogen) atoms. The number of hydrogen-bond acceptors (Lipinski definition) is 7. The van der Waals surface area contributed by atoms with Gasteiger partial charge in [-0.05, 0) is 65.1 Å². The summed E-state index contributed by atoms with van der Waals surface area (Å²) in [5, 5.41) is 8.21. The highest BCUT2D eigenvalue weighted by Gasteiger charge is 2.35. The van der Waals surface area contributed by atoms with Gasteiger partial charge in [0.2, 0.25) is 0 Å². The molecule has 5 heterocycles. The van der Waals surface area contributed by atoms with E-state index in [-0.39, 0.29) is 6.17 Å². The zero-order valence-corrected chi connectivity index (χ0v) is 31.5. The van der Waals surface area contributed by atoms with Gasteiger partial charge in [0.05, 0.1) is 18.8 Å². The molecule has 0 amide bonds. The number of nitrogens with one attached hydrogen (secondary N) is 1. The van der Waals surface area contributed by atoms with Crippen LogP contribution in [0.2, 0.25) is 0 Å². The van der Waals surface area contributed by atoms with Crippen molar-refractivity contribution in [2.45, 2.75) is 18.5 Å². The molecule has 3 aliphatic rings. The number of benzene rings is 5. The molecule has 5 aromatic carbocycles. The number of allylic oxidation sites excluding steroid dienone is 4. The third kappa shape index (κ3) is 5.22. The van der Waals surface area contributed by atoms with Gasteiger partial charge in [0.1, 0.15) is 11.7 Å². The lowest BCUT2D eigenvalue weighted by atomic mass is 9.90. The molecule has 3 aromatic heterocycles. The Balaban J connectivity index is 0.968. The van der Waals surface area contributed by atoms with Crippen LogP contribution in [0.5, 0.6) is 0 Å². The molecule has 8 aromatic rings. The van der Waals surface area contributed by atoms with Crippen LogP contribution in [0.3, 0.4) is 0 Å². The number of para-hydroxylation sites is 1. The molecule has 0 spiro atoms. The number of rotatable bonds is 6. The van der Waals surface area contributed by atoms with Gasteiger partial charge in [-0.2, -0.15) is 0 Å². The summed E-state index contributed by atoms with van der Waals surface area (Å²) in [5.41, 5.74) is 13.6. The molecule has 1 unspecified atom stereocenters. The van der Waals surface area contributed by atoms with Crippen molar-refractivity contribution in [3.63, 3.8) is 0 Å². The van der Waals surface area contributed by atoms with Crippen molar-refractivity contribution in [3.05, 3.63) is 190 Å². The van der Waals surface area contributed by atoms with E-state index in [2.05, 4.69) is 136 Å². The van der Waals surface area contributed by atoms with Gasteiger partial charge in [0.25, 0.3) is 0 Å². The highest BCUT2D eigenvalue weighted by Crippen LogP contribution is 2.54. The van der Waals surface area contributed by atoms with E-state index < -0.39 is 0 Å². The second-order valence-corrected chi connectivity index (χ2v) is 16.6. The molecule has 1 atom stereocenters. The van der Waals surface area contributed by atoms with Crippen molar-refractivity contribution < 1.29 is 0 Å². The van der Waals surface area contributed by atoms with Crippen LogP contribution in [-0.2, 0) is 0 Å². The van der Waals surface area contributed by atoms with Gasteiger partial charge < -0.3 is 10.2 Å². The number of thiophene rings is 3. The Labute approximate surface area is 325 Å². The fourth-order valence-corrected chi connectivity index (χ4v) is 12.1. The van der Waals surface area contributed by atoms with Crippen molar-refractivity contribution in [1.29, 1.82) is 0 Å². The highest BCUT2D eigenvalue weighted by atomic mass is 32.1. The van der Waals surface area contributed by atoms with Gasteiger partial charge >= 0.3 is 0 Å². The number of fused-ring (bicyclic) bond motifs is 6. The standard InChI is InChI=1S/C47H32N4S3/c1-4-13-29(14-5-1)45-48-46(30-15-6-2-7-16-30)50-47(49-45)33-18-12-17-31(25-33)37-27-52-43-41(37)54-42-38(28-53-44(42)43)32-23-24-40-36(26-32)35-21-10-11-22-39(35)51(40)34-19-8-3-9-20-34/h1-20,22-28,35,47H,21H2,(H,48,49,50). The Kier molecular flexibility index (Phi) is 7.57. The minimum atomic E-state index is -0.364. The van der Waals surface area contributed by atoms with Gasteiger partial charge in [0, 0.05) is 56.0 Å². The average Bonchev–Trinajstić information content (AvgIpc) is 4.01. The molecule has 0 saturated heterocycles. The second-order valence-electron chi connectivity index (χ2n) is 13.8. The topological polar surface area (TPSA) is 40.0 Å². The average molecular weight is 749 g/mol. The summed E-state index contributed by atoms with van der Waals surface area (Å²) in [6, 6.07) is 47.4. The Bertz CT molecular complexity index is 2780. The molecule has 0 radical (unpaired) electrons. The van der Waals surface area contributed by atoms with Crippen molar-refractivity contribution in [3.8, 4) is 22.3 Å². The summed E-state index contributed by atoms with van der Waals surface area (Å²) < 4.78 is 5.49. The van der Waals surface area contributed by atoms with Crippen molar-refractivity contribution in [2.75, 3.05) is 4.90 Å². The van der Waals surface area contributed by atoms with Gasteiger partial charge in [-0.3, -0.25) is 0 Å². The van der Waals surface area contributed by atoms with E-state index >= 15 is 0 Å². The van der Waals surface area contributed by atoms with Crippen LogP contribution in [0, 0.1) is 0 Å². The lowest BCUT2D eigenvalue weighted by Gasteiger charge is -2.24. The van der Waals surface area contributed by atoms with Crippen LogP contribution in [0.4, 0.5) is 11.4 Å². The summed E-state index contributed by atoms with van der Waals surface area (Å²) in [6.07, 6.45) is 7.47. The third-order valence-electron chi connectivity index (χ3n) is 10.6. The highest BCUT2D eigenvalue weighted by molar-refractivity contribution is 7.38. The minimum absolute atomic E-state index is 0.364. The second kappa shape index (κ2) is 12.9. The maximum absolute atomic E-state index is 5.14. The lowest BCUT2D eigenvalue weighted by Crippen LogP contribution is -2.35. The molecule has 1 N–H and O–H groups in total. The van der Waals surface area contributed by atoms with Crippen LogP contribution in [0.25, 0.3) is 41.1 Å². The zero-order chi connectivity index (χ0) is 35.6. The molecular weight excluding hydrogens is 717 g/mol. The normalized spacial score (nSPS) is 16.6. The Morgan fingerprint density at radius 2 is 1.20 bits per heavy atom. The van der Waals surface area contributed by atoms with Crippen molar-refractivity contribution in [1.82, 2.24) is 5.32 Å². The predicted octanol–water partition coefficient (Wildman–Crippen LogP) is 13.1. The summed E-state index contributed by atoms with van der Waals surface area (Å²) in [7, 11) is 0. The first-order valence-electron chi connectivity index (χ1n) is 18.2. The largest absolute Gasteiger partial charge is 0.324 e. The van der Waals surface area contributed by atoms with E-state index in [0.29, 0.717) is 5.92 Å². The van der Waals surface area contributed by atoms with Crippen LogP contribution in [0.15, 0.2) is 178 Å². The van der Waals surface area contributed by atoms with Crippen molar-refractivity contribution in [2.24, 2.45) is 9.98 Å². The van der Waals surface area contributed by atoms with E-state index in [4.69, 9.17) is 9.98 Å². The number of nitrogens with zero attached hydrogens (tertiary/aromatic N) is 3. The molecule has 0 fully saturated rings. The molecule has 4 nitrogen and oxygen atoms in total. The van der Waals surface area contributed by atoms with Crippen molar-refractivity contribution >= 4 is 75.9 Å². The predicted molar refractivity (Wildman–Crippen MR) is 231 cm³/mol. The summed E-state index contributed by atoms with van der Waals surface area (Å²) >= 11 is 5.66. The third-order valence-corrected chi connectivity index (χ3v) is 14.2. The maximum atomic E-state index is 5.14. The van der Waals surface area contributed by atoms with E-state index in [0.717, 1.165) is 34.8 Å². The number of anilines is 2. The van der Waals surface area contributed by atoms with Gasteiger partial charge in [0.15, 0.2) is 6.17 Å². The molecule has 0 bridgehead atoms. The van der Waals surface area contributed by atoms with E-state index in [1.54, 1.807) is 0 Å². The summed E-state index contributed by atoms with van der Waals surface area (Å²) in [6.45, 7) is 0. The molecular formula is C47H32N4S3. The number of amidine groups is 2. The quantitative estimate of drug-likeness (QED) is 0.184. The molecule has 0 saturated carbocycles. The lowest BCUT2D eigenvalue weighted by molar-refractivity contribution is 0.756. The van der Waals surface area contributed by atoms with Gasteiger partial charge in [-0.15, -0.1) is 34.0 Å². The fraction of sp³-hybridized carbons (Fsp3) is 0.0638. The molecule has 1 aliphatic carbocycles. The molecule has 11 rings (SSSR count). The Morgan fingerprint density at radius 1 is 0.593 bits per heavy atom. The first-order valence-corrected chi connectivity index (χ1v) is 20.8. The minimum Gasteiger partial charge on any atom is -0.324 e. The Hall–Kier alpha value is -5.86. The molecule has 7 heteroatoms. The smallest absolute Gasteiger partial charge is 0.169 e. The molecule has 258 valence electrons. The van der Waals surface area contributed by atoms with Crippen LogP contribution in [0.1, 0.15) is 40.8 Å². The fourth-order valence-electron chi connectivity index (χ4n) is 8.01. The zero-order valence-electron chi connectivity index (χ0n) is 29.0. The van der Waals surface area contributed by atoms with Crippen LogP contribution >= 0.6 is 34.0 Å². The monoisotopic (exact) mass is 748 g/mol. The van der Waals surface area contributed by atoms with Gasteiger partial charge in [-0.1, -0.05) is 115 Å². The number of hydrogen-bond donors (Lipinski definition) is 1. The van der Waals surface area contributed by atoms with E-state index in [1.165, 1.54) is 63.7 Å².